The largest absolute Gasteiger partial charge is 0.490 e. The minimum Gasteiger partial charge on any atom is -0.490 e. The van der Waals surface area contributed by atoms with Crippen molar-refractivity contribution in [3.05, 3.63) is 65.9 Å². The lowest BCUT2D eigenvalue weighted by atomic mass is 10.2. The van der Waals surface area contributed by atoms with Crippen LogP contribution in [0.1, 0.15) is 25.0 Å². The van der Waals surface area contributed by atoms with E-state index in [9.17, 15) is 0 Å². The Kier molecular flexibility index (Phi) is 5.90. The van der Waals surface area contributed by atoms with Crippen LogP contribution >= 0.6 is 0 Å². The summed E-state index contributed by atoms with van der Waals surface area (Å²) in [6, 6.07) is 15.8. The Bertz CT molecular complexity index is 618. The average Bonchev–Trinajstić information content (AvgIpc) is 2.54. The second-order valence-corrected chi connectivity index (χ2v) is 4.78. The molecule has 0 bridgehead atoms. The normalized spacial score (nSPS) is 11.1. The lowest BCUT2D eigenvalue weighted by Gasteiger charge is -2.12. The first-order chi connectivity index (χ1) is 10.7. The highest BCUT2D eigenvalue weighted by atomic mass is 16.5. The van der Waals surface area contributed by atoms with Gasteiger partial charge in [-0.05, 0) is 38.5 Å². The molecular weight excluding hydrogens is 276 g/mol. The summed E-state index contributed by atoms with van der Waals surface area (Å²) >= 11 is 0. The highest BCUT2D eigenvalue weighted by molar-refractivity contribution is 5.59. The maximum absolute atomic E-state index is 5.80. The van der Waals surface area contributed by atoms with Gasteiger partial charge in [0.15, 0.2) is 17.3 Å². The van der Waals surface area contributed by atoms with Crippen molar-refractivity contribution in [2.24, 2.45) is 0 Å². The summed E-state index contributed by atoms with van der Waals surface area (Å²) in [6.07, 6.45) is 1.63. The lowest BCUT2D eigenvalue weighted by Crippen LogP contribution is -1.98. The molecule has 3 nitrogen and oxygen atoms in total. The van der Waals surface area contributed by atoms with E-state index in [0.29, 0.717) is 24.7 Å². The van der Waals surface area contributed by atoms with Crippen molar-refractivity contribution in [1.29, 1.82) is 0 Å². The average molecular weight is 298 g/mol. The van der Waals surface area contributed by atoms with Crippen molar-refractivity contribution in [2.45, 2.75) is 20.8 Å². The number of ether oxygens (including phenoxy) is 3. The molecule has 0 heterocycles. The zero-order valence-electron chi connectivity index (χ0n) is 13.3. The summed E-state index contributed by atoms with van der Waals surface area (Å²) in [5.74, 6) is 2.12. The molecule has 2 aromatic rings. The van der Waals surface area contributed by atoms with E-state index in [1.54, 1.807) is 6.26 Å². The number of rotatable bonds is 7. The van der Waals surface area contributed by atoms with Gasteiger partial charge in [-0.15, -0.1) is 0 Å². The summed E-state index contributed by atoms with van der Waals surface area (Å²) in [7, 11) is 0. The van der Waals surface area contributed by atoms with Crippen LogP contribution in [0.25, 0.3) is 5.76 Å². The topological polar surface area (TPSA) is 27.7 Å². The van der Waals surface area contributed by atoms with E-state index in [1.165, 1.54) is 0 Å². The van der Waals surface area contributed by atoms with Crippen LogP contribution in [0.2, 0.25) is 0 Å². The zero-order valence-corrected chi connectivity index (χ0v) is 13.3. The van der Waals surface area contributed by atoms with Gasteiger partial charge in [0, 0.05) is 5.56 Å². The van der Waals surface area contributed by atoms with Gasteiger partial charge < -0.3 is 14.2 Å². The van der Waals surface area contributed by atoms with E-state index in [-0.39, 0.29) is 0 Å². The van der Waals surface area contributed by atoms with Gasteiger partial charge in [0.05, 0.1) is 13.2 Å². The van der Waals surface area contributed by atoms with Crippen molar-refractivity contribution in [3.63, 3.8) is 0 Å². The molecule has 0 atom stereocenters. The second kappa shape index (κ2) is 8.13. The molecule has 2 aromatic carbocycles. The van der Waals surface area contributed by atoms with E-state index >= 15 is 0 Å². The Labute approximate surface area is 132 Å². The molecule has 0 aromatic heterocycles. The van der Waals surface area contributed by atoms with Gasteiger partial charge in [-0.2, -0.15) is 0 Å². The molecule has 0 fully saturated rings. The molecule has 3 heteroatoms. The van der Waals surface area contributed by atoms with Crippen LogP contribution < -0.4 is 9.47 Å². The first kappa shape index (κ1) is 16.0. The van der Waals surface area contributed by atoms with Gasteiger partial charge >= 0.3 is 0 Å². The van der Waals surface area contributed by atoms with Crippen LogP contribution in [0.4, 0.5) is 0 Å². The Hall–Kier alpha value is -2.42. The molecule has 0 saturated heterocycles. The molecule has 0 amide bonds. The summed E-state index contributed by atoms with van der Waals surface area (Å²) < 4.78 is 17.1. The molecule has 116 valence electrons. The fourth-order valence-electron chi connectivity index (χ4n) is 2.04. The van der Waals surface area contributed by atoms with Crippen molar-refractivity contribution < 1.29 is 14.2 Å². The second-order valence-electron chi connectivity index (χ2n) is 4.78. The highest BCUT2D eigenvalue weighted by Gasteiger charge is 2.07. The van der Waals surface area contributed by atoms with E-state index < -0.39 is 0 Å². The van der Waals surface area contributed by atoms with Crippen molar-refractivity contribution >= 4 is 5.76 Å². The molecule has 0 radical (unpaired) electrons. The van der Waals surface area contributed by atoms with E-state index in [2.05, 4.69) is 0 Å². The molecule has 0 spiro atoms. The molecule has 2 rings (SSSR count). The fourth-order valence-corrected chi connectivity index (χ4v) is 2.04. The predicted molar refractivity (Wildman–Crippen MR) is 89.0 cm³/mol. The highest BCUT2D eigenvalue weighted by Crippen LogP contribution is 2.29. The number of hydrogen-bond donors (Lipinski definition) is 0. The van der Waals surface area contributed by atoms with E-state index in [4.69, 9.17) is 14.2 Å². The number of hydrogen-bond acceptors (Lipinski definition) is 3. The van der Waals surface area contributed by atoms with Crippen LogP contribution in [-0.4, -0.2) is 13.2 Å². The van der Waals surface area contributed by atoms with Crippen LogP contribution in [-0.2, 0) is 4.74 Å². The van der Waals surface area contributed by atoms with E-state index in [1.807, 2.05) is 69.3 Å². The molecule has 0 N–H and O–H groups in total. The Morgan fingerprint density at radius 3 is 2.41 bits per heavy atom. The third-order valence-electron chi connectivity index (χ3n) is 3.05. The molecule has 0 aliphatic carbocycles. The molecule has 22 heavy (non-hydrogen) atoms. The minimum absolute atomic E-state index is 0.580. The molecule has 0 aliphatic rings. The zero-order chi connectivity index (χ0) is 15.8. The quantitative estimate of drug-likeness (QED) is 0.687. The maximum atomic E-state index is 5.80. The molecule has 0 saturated carbocycles. The minimum atomic E-state index is 0.580. The lowest BCUT2D eigenvalue weighted by molar-refractivity contribution is 0.284. The van der Waals surface area contributed by atoms with Crippen LogP contribution in [0.15, 0.2) is 54.8 Å². The molecule has 0 aliphatic heterocycles. The van der Waals surface area contributed by atoms with Gasteiger partial charge in [-0.1, -0.05) is 36.4 Å². The Balaban J connectivity index is 2.24. The van der Waals surface area contributed by atoms with Crippen molar-refractivity contribution in [3.8, 4) is 11.5 Å². The Morgan fingerprint density at radius 1 is 0.955 bits per heavy atom. The summed E-state index contributed by atoms with van der Waals surface area (Å²) in [5.41, 5.74) is 2.11. The van der Waals surface area contributed by atoms with Crippen molar-refractivity contribution in [1.82, 2.24) is 0 Å². The summed E-state index contributed by atoms with van der Waals surface area (Å²) in [5, 5.41) is 0. The Morgan fingerprint density at radius 2 is 1.73 bits per heavy atom. The molecular formula is C19H22O3. The fraction of sp³-hybridized carbons (Fsp3) is 0.263. The monoisotopic (exact) mass is 298 g/mol. The smallest absolute Gasteiger partial charge is 0.168 e. The third kappa shape index (κ3) is 4.29. The summed E-state index contributed by atoms with van der Waals surface area (Å²) in [4.78, 5) is 0. The molecule has 0 unspecified atom stereocenters. The first-order valence-corrected chi connectivity index (χ1v) is 7.53. The van der Waals surface area contributed by atoms with Gasteiger partial charge in [0.1, 0.15) is 6.26 Å². The van der Waals surface area contributed by atoms with Gasteiger partial charge in [0.2, 0.25) is 0 Å². The van der Waals surface area contributed by atoms with Crippen LogP contribution in [0.5, 0.6) is 11.5 Å². The standard InChI is InChI=1S/C19H22O3/c1-4-20-18-13-15(3)11-12-17(18)22-14-19(21-5-2)16-9-7-6-8-10-16/h6-14H,4-5H2,1-3H3. The first-order valence-electron chi connectivity index (χ1n) is 7.53. The summed E-state index contributed by atoms with van der Waals surface area (Å²) in [6.45, 7) is 7.11. The van der Waals surface area contributed by atoms with Crippen LogP contribution in [0.3, 0.4) is 0 Å². The number of aryl methyl sites for hydroxylation is 1. The maximum Gasteiger partial charge on any atom is 0.168 e. The van der Waals surface area contributed by atoms with Crippen LogP contribution in [0, 0.1) is 6.92 Å². The van der Waals surface area contributed by atoms with Gasteiger partial charge in [-0.3, -0.25) is 0 Å². The van der Waals surface area contributed by atoms with E-state index in [0.717, 1.165) is 16.9 Å². The number of benzene rings is 2. The third-order valence-corrected chi connectivity index (χ3v) is 3.05. The van der Waals surface area contributed by atoms with Gasteiger partial charge in [0.25, 0.3) is 0 Å². The van der Waals surface area contributed by atoms with Gasteiger partial charge in [-0.25, -0.2) is 0 Å². The SMILES string of the molecule is CCOC(=COc1ccc(C)cc1OCC)c1ccccc1. The predicted octanol–water partition coefficient (Wildman–Crippen LogP) is 4.81. The van der Waals surface area contributed by atoms with Crippen molar-refractivity contribution in [2.75, 3.05) is 13.2 Å².